The predicted octanol–water partition coefficient (Wildman–Crippen LogP) is 3.58. The molecular weight excluding hydrogens is 266 g/mol. The van der Waals surface area contributed by atoms with Crippen molar-refractivity contribution in [2.75, 3.05) is 5.73 Å². The number of anilines is 1. The Hall–Kier alpha value is -1.62. The van der Waals surface area contributed by atoms with Crippen LogP contribution >= 0.6 is 11.8 Å². The number of pyridine rings is 1. The Balaban J connectivity index is 1.91. The van der Waals surface area contributed by atoms with Gasteiger partial charge in [0, 0.05) is 11.0 Å². The van der Waals surface area contributed by atoms with E-state index in [1.807, 2.05) is 12.1 Å². The molecule has 2 nitrogen and oxygen atoms in total. The molecular formula is C14H12F2N2S. The highest BCUT2D eigenvalue weighted by Gasteiger charge is 2.14. The number of hydrogen-bond acceptors (Lipinski definition) is 3. The van der Waals surface area contributed by atoms with Crippen LogP contribution in [0.25, 0.3) is 0 Å². The van der Waals surface area contributed by atoms with Crippen LogP contribution in [0.3, 0.4) is 0 Å². The molecule has 2 aromatic rings. The van der Waals surface area contributed by atoms with Crippen molar-refractivity contribution in [1.82, 2.24) is 4.98 Å². The lowest BCUT2D eigenvalue weighted by Gasteiger charge is -2.06. The zero-order chi connectivity index (χ0) is 13.4. The predicted molar refractivity (Wildman–Crippen MR) is 71.2 cm³/mol. The molecule has 0 saturated heterocycles. The fraction of sp³-hybridized carbons (Fsp3) is 0.214. The van der Waals surface area contributed by atoms with Crippen LogP contribution in [0.1, 0.15) is 17.5 Å². The van der Waals surface area contributed by atoms with E-state index in [2.05, 4.69) is 11.1 Å². The van der Waals surface area contributed by atoms with E-state index in [1.54, 1.807) is 0 Å². The van der Waals surface area contributed by atoms with Crippen molar-refractivity contribution < 1.29 is 8.78 Å². The van der Waals surface area contributed by atoms with Gasteiger partial charge in [0.2, 0.25) is 0 Å². The van der Waals surface area contributed by atoms with E-state index in [4.69, 9.17) is 5.73 Å². The number of aryl methyl sites for hydroxylation is 2. The quantitative estimate of drug-likeness (QED) is 0.912. The summed E-state index contributed by atoms with van der Waals surface area (Å²) in [7, 11) is 0. The summed E-state index contributed by atoms with van der Waals surface area (Å²) < 4.78 is 26.7. The molecule has 0 aliphatic heterocycles. The zero-order valence-electron chi connectivity index (χ0n) is 10.1. The number of nitrogen functional groups attached to an aromatic ring is 1. The third kappa shape index (κ3) is 2.42. The van der Waals surface area contributed by atoms with Crippen molar-refractivity contribution in [3.05, 3.63) is 47.0 Å². The summed E-state index contributed by atoms with van der Waals surface area (Å²) in [6.45, 7) is 0. The lowest BCUT2D eigenvalue weighted by atomic mass is 10.1. The highest BCUT2D eigenvalue weighted by atomic mass is 32.2. The molecule has 19 heavy (non-hydrogen) atoms. The average Bonchev–Trinajstić information content (AvgIpc) is 2.83. The minimum atomic E-state index is -0.823. The van der Waals surface area contributed by atoms with Crippen LogP contribution in [0.2, 0.25) is 0 Å². The number of aromatic nitrogens is 1. The maximum absolute atomic E-state index is 13.6. The first-order valence-electron chi connectivity index (χ1n) is 6.04. The van der Waals surface area contributed by atoms with Crippen LogP contribution < -0.4 is 5.73 Å². The molecule has 0 radical (unpaired) electrons. The van der Waals surface area contributed by atoms with Crippen LogP contribution in [-0.2, 0) is 12.8 Å². The first-order chi connectivity index (χ1) is 9.13. The maximum Gasteiger partial charge on any atom is 0.168 e. The van der Waals surface area contributed by atoms with E-state index in [-0.39, 0.29) is 10.8 Å². The molecule has 0 amide bonds. The van der Waals surface area contributed by atoms with Crippen LogP contribution in [0, 0.1) is 11.6 Å². The molecule has 0 unspecified atom stereocenters. The van der Waals surface area contributed by atoms with Gasteiger partial charge in [0.1, 0.15) is 5.03 Å². The molecule has 0 saturated carbocycles. The smallest absolute Gasteiger partial charge is 0.168 e. The standard InChI is InChI=1S/C14H12F2N2S/c15-11-7-12(16)14(18-13(11)17)19-10-5-4-8-2-1-3-9(8)6-10/h4-7H,1-3H2,(H2,17,18). The summed E-state index contributed by atoms with van der Waals surface area (Å²) in [4.78, 5) is 4.65. The van der Waals surface area contributed by atoms with E-state index in [1.165, 1.54) is 29.3 Å². The SMILES string of the molecule is Nc1nc(Sc2ccc3c(c2)CCC3)c(F)cc1F. The van der Waals surface area contributed by atoms with E-state index in [0.717, 1.165) is 23.8 Å². The molecule has 2 N–H and O–H groups in total. The van der Waals surface area contributed by atoms with Crippen molar-refractivity contribution >= 4 is 17.6 Å². The van der Waals surface area contributed by atoms with Gasteiger partial charge < -0.3 is 5.73 Å². The lowest BCUT2D eigenvalue weighted by Crippen LogP contribution is -1.98. The first-order valence-corrected chi connectivity index (χ1v) is 6.86. The molecule has 0 bridgehead atoms. The number of halogens is 2. The van der Waals surface area contributed by atoms with E-state index in [0.29, 0.717) is 0 Å². The van der Waals surface area contributed by atoms with E-state index < -0.39 is 11.6 Å². The Labute approximate surface area is 114 Å². The summed E-state index contributed by atoms with van der Waals surface area (Å²) >= 11 is 1.17. The third-order valence-corrected chi connectivity index (χ3v) is 4.18. The van der Waals surface area contributed by atoms with Gasteiger partial charge in [-0.15, -0.1) is 0 Å². The molecule has 1 aromatic heterocycles. The van der Waals surface area contributed by atoms with Crippen LogP contribution in [-0.4, -0.2) is 4.98 Å². The monoisotopic (exact) mass is 278 g/mol. The van der Waals surface area contributed by atoms with Crippen LogP contribution in [0.4, 0.5) is 14.6 Å². The van der Waals surface area contributed by atoms with Crippen LogP contribution in [0.15, 0.2) is 34.2 Å². The second-order valence-corrected chi connectivity index (χ2v) is 5.59. The molecule has 98 valence electrons. The van der Waals surface area contributed by atoms with Gasteiger partial charge in [0.05, 0.1) is 0 Å². The first kappa shape index (κ1) is 12.4. The second-order valence-electron chi connectivity index (χ2n) is 4.53. The largest absolute Gasteiger partial charge is 0.381 e. The summed E-state index contributed by atoms with van der Waals surface area (Å²) in [5.41, 5.74) is 8.03. The Bertz CT molecular complexity index is 644. The number of nitrogens with zero attached hydrogens (tertiary/aromatic N) is 1. The molecule has 3 rings (SSSR count). The molecule has 0 fully saturated rings. The zero-order valence-corrected chi connectivity index (χ0v) is 10.9. The molecule has 1 heterocycles. The maximum atomic E-state index is 13.6. The van der Waals surface area contributed by atoms with Crippen LogP contribution in [0.5, 0.6) is 0 Å². The number of nitrogens with two attached hydrogens (primary N) is 1. The fourth-order valence-corrected chi connectivity index (χ4v) is 3.12. The summed E-state index contributed by atoms with van der Waals surface area (Å²) in [6, 6.07) is 6.83. The van der Waals surface area contributed by atoms with Crippen molar-refractivity contribution in [2.45, 2.75) is 29.2 Å². The summed E-state index contributed by atoms with van der Waals surface area (Å²) in [5, 5.41) is 0.108. The van der Waals surface area contributed by atoms with Gasteiger partial charge in [-0.25, -0.2) is 13.8 Å². The number of hydrogen-bond donors (Lipinski definition) is 1. The van der Waals surface area contributed by atoms with Gasteiger partial charge in [0.25, 0.3) is 0 Å². The topological polar surface area (TPSA) is 38.9 Å². The number of fused-ring (bicyclic) bond motifs is 1. The fourth-order valence-electron chi connectivity index (χ4n) is 2.26. The van der Waals surface area contributed by atoms with Gasteiger partial charge in [-0.3, -0.25) is 0 Å². The van der Waals surface area contributed by atoms with Gasteiger partial charge in [-0.1, -0.05) is 17.8 Å². The average molecular weight is 278 g/mol. The molecule has 1 aromatic carbocycles. The summed E-state index contributed by atoms with van der Waals surface area (Å²) in [5.74, 6) is -1.78. The molecule has 1 aliphatic rings. The Morgan fingerprint density at radius 1 is 1.05 bits per heavy atom. The van der Waals surface area contributed by atoms with Crippen molar-refractivity contribution in [3.8, 4) is 0 Å². The minimum Gasteiger partial charge on any atom is -0.381 e. The van der Waals surface area contributed by atoms with Gasteiger partial charge in [-0.2, -0.15) is 0 Å². The van der Waals surface area contributed by atoms with Crippen molar-refractivity contribution in [3.63, 3.8) is 0 Å². The third-order valence-electron chi connectivity index (χ3n) is 3.21. The minimum absolute atomic E-state index is 0.108. The Morgan fingerprint density at radius 2 is 1.84 bits per heavy atom. The van der Waals surface area contributed by atoms with Crippen molar-refractivity contribution in [2.24, 2.45) is 0 Å². The summed E-state index contributed by atoms with van der Waals surface area (Å²) in [6.07, 6.45) is 3.33. The van der Waals surface area contributed by atoms with Gasteiger partial charge in [0.15, 0.2) is 17.5 Å². The van der Waals surface area contributed by atoms with Gasteiger partial charge in [-0.05, 0) is 42.5 Å². The van der Waals surface area contributed by atoms with E-state index in [9.17, 15) is 8.78 Å². The lowest BCUT2D eigenvalue weighted by molar-refractivity contribution is 0.552. The Kier molecular flexibility index (Phi) is 3.14. The molecule has 0 atom stereocenters. The van der Waals surface area contributed by atoms with Gasteiger partial charge >= 0.3 is 0 Å². The molecule has 5 heteroatoms. The normalized spacial score (nSPS) is 13.6. The number of rotatable bonds is 2. The molecule has 1 aliphatic carbocycles. The Morgan fingerprint density at radius 3 is 2.68 bits per heavy atom. The van der Waals surface area contributed by atoms with E-state index >= 15 is 0 Å². The highest BCUT2D eigenvalue weighted by molar-refractivity contribution is 7.99. The second kappa shape index (κ2) is 4.81. The van der Waals surface area contributed by atoms with Crippen molar-refractivity contribution in [1.29, 1.82) is 0 Å². The number of benzene rings is 1. The molecule has 0 spiro atoms. The highest BCUT2D eigenvalue weighted by Crippen LogP contribution is 2.33.